The Bertz CT molecular complexity index is 350. The number of halogens is 2. The molecule has 4 heteroatoms. The van der Waals surface area contributed by atoms with Crippen LogP contribution in [0, 0.1) is 5.92 Å². The Hall–Kier alpha value is -0.280. The fourth-order valence-electron chi connectivity index (χ4n) is 1.81. The maximum atomic E-state index is 8.89. The van der Waals surface area contributed by atoms with E-state index >= 15 is 0 Å². The number of likely N-dealkylation sites (tertiary alicyclic amines) is 1. The van der Waals surface area contributed by atoms with Gasteiger partial charge in [0.1, 0.15) is 0 Å². The predicted octanol–water partition coefficient (Wildman–Crippen LogP) is 2.42. The summed E-state index contributed by atoms with van der Waals surface area (Å²) >= 11 is 11.9. The number of rotatable bonds is 3. The Labute approximate surface area is 99.4 Å². The van der Waals surface area contributed by atoms with Crippen molar-refractivity contribution in [2.24, 2.45) is 5.92 Å². The average molecular weight is 246 g/mol. The van der Waals surface area contributed by atoms with Crippen LogP contribution in [0.2, 0.25) is 10.0 Å². The number of aliphatic hydroxyl groups excluding tert-OH is 1. The summed E-state index contributed by atoms with van der Waals surface area (Å²) in [5.74, 6) is 0.441. The first-order valence-corrected chi connectivity index (χ1v) is 5.72. The minimum absolute atomic E-state index is 0.283. The topological polar surface area (TPSA) is 23.5 Å². The zero-order valence-corrected chi connectivity index (χ0v) is 9.80. The predicted molar refractivity (Wildman–Crippen MR) is 62.3 cm³/mol. The van der Waals surface area contributed by atoms with Crippen LogP contribution in [0.3, 0.4) is 0 Å². The molecule has 0 saturated carbocycles. The highest BCUT2D eigenvalue weighted by Gasteiger charge is 2.25. The van der Waals surface area contributed by atoms with Gasteiger partial charge in [-0.15, -0.1) is 0 Å². The van der Waals surface area contributed by atoms with Gasteiger partial charge in [0.15, 0.2) is 0 Å². The molecule has 0 bridgehead atoms. The molecule has 15 heavy (non-hydrogen) atoms. The van der Waals surface area contributed by atoms with Crippen LogP contribution in [0.5, 0.6) is 0 Å². The Balaban J connectivity index is 1.94. The van der Waals surface area contributed by atoms with Crippen LogP contribution in [0.1, 0.15) is 5.56 Å². The fraction of sp³-hybridized carbons (Fsp3) is 0.455. The molecule has 1 saturated heterocycles. The molecule has 1 aliphatic heterocycles. The van der Waals surface area contributed by atoms with Crippen LogP contribution in [0.25, 0.3) is 0 Å². The third kappa shape index (κ3) is 2.64. The van der Waals surface area contributed by atoms with Crippen LogP contribution in [-0.2, 0) is 6.54 Å². The average Bonchev–Trinajstić information content (AvgIpc) is 2.13. The zero-order valence-electron chi connectivity index (χ0n) is 8.29. The maximum absolute atomic E-state index is 8.89. The van der Waals surface area contributed by atoms with Gasteiger partial charge in [0.2, 0.25) is 0 Å². The molecule has 1 aromatic carbocycles. The molecule has 1 fully saturated rings. The fourth-order valence-corrected chi connectivity index (χ4v) is 2.28. The Morgan fingerprint density at radius 2 is 2.07 bits per heavy atom. The SMILES string of the molecule is OCC1CN(Cc2ccc(Cl)cc2Cl)C1. The number of hydrogen-bond acceptors (Lipinski definition) is 2. The van der Waals surface area contributed by atoms with Crippen LogP contribution in [0.15, 0.2) is 18.2 Å². The standard InChI is InChI=1S/C11H13Cl2NO/c12-10-2-1-9(11(13)3-10)6-14-4-8(5-14)7-15/h1-3,8,15H,4-7H2. The van der Waals surface area contributed by atoms with Crippen LogP contribution >= 0.6 is 23.2 Å². The first kappa shape index (κ1) is 11.2. The van der Waals surface area contributed by atoms with Gasteiger partial charge in [0, 0.05) is 42.2 Å². The van der Waals surface area contributed by atoms with Gasteiger partial charge in [-0.05, 0) is 17.7 Å². The molecule has 0 radical (unpaired) electrons. The second kappa shape index (κ2) is 4.71. The first-order valence-electron chi connectivity index (χ1n) is 4.96. The molecule has 2 rings (SSSR count). The normalized spacial score (nSPS) is 17.8. The largest absolute Gasteiger partial charge is 0.396 e. The number of benzene rings is 1. The van der Waals surface area contributed by atoms with Gasteiger partial charge in [-0.2, -0.15) is 0 Å². The van der Waals surface area contributed by atoms with E-state index in [0.29, 0.717) is 10.9 Å². The van der Waals surface area contributed by atoms with E-state index in [1.165, 1.54) is 0 Å². The van der Waals surface area contributed by atoms with E-state index in [0.717, 1.165) is 30.2 Å². The van der Waals surface area contributed by atoms with E-state index < -0.39 is 0 Å². The zero-order chi connectivity index (χ0) is 10.8. The van der Waals surface area contributed by atoms with Gasteiger partial charge in [-0.3, -0.25) is 4.90 Å². The third-order valence-electron chi connectivity index (χ3n) is 2.70. The summed E-state index contributed by atoms with van der Waals surface area (Å²) in [6.45, 7) is 3.03. The van der Waals surface area contributed by atoms with Crippen molar-refractivity contribution in [3.63, 3.8) is 0 Å². The summed E-state index contributed by atoms with van der Waals surface area (Å²) in [4.78, 5) is 2.26. The molecular formula is C11H13Cl2NO. The summed E-state index contributed by atoms with van der Waals surface area (Å²) in [6.07, 6.45) is 0. The van der Waals surface area contributed by atoms with Crippen molar-refractivity contribution in [2.75, 3.05) is 19.7 Å². The van der Waals surface area contributed by atoms with Crippen molar-refractivity contribution < 1.29 is 5.11 Å². The minimum atomic E-state index is 0.283. The summed E-state index contributed by atoms with van der Waals surface area (Å²) in [7, 11) is 0. The molecule has 0 unspecified atom stereocenters. The highest BCUT2D eigenvalue weighted by atomic mass is 35.5. The van der Waals surface area contributed by atoms with Crippen molar-refractivity contribution in [3.05, 3.63) is 33.8 Å². The molecule has 0 spiro atoms. The van der Waals surface area contributed by atoms with Crippen LogP contribution in [0.4, 0.5) is 0 Å². The monoisotopic (exact) mass is 245 g/mol. The van der Waals surface area contributed by atoms with Crippen molar-refractivity contribution >= 4 is 23.2 Å². The van der Waals surface area contributed by atoms with E-state index in [2.05, 4.69) is 4.90 Å². The van der Waals surface area contributed by atoms with Crippen molar-refractivity contribution in [1.29, 1.82) is 0 Å². The third-order valence-corrected chi connectivity index (χ3v) is 3.29. The molecule has 0 amide bonds. The quantitative estimate of drug-likeness (QED) is 0.885. The molecule has 2 nitrogen and oxygen atoms in total. The lowest BCUT2D eigenvalue weighted by molar-refractivity contribution is 0.0479. The minimum Gasteiger partial charge on any atom is -0.396 e. The highest BCUT2D eigenvalue weighted by molar-refractivity contribution is 6.35. The molecule has 1 heterocycles. The lowest BCUT2D eigenvalue weighted by Crippen LogP contribution is -2.47. The first-order chi connectivity index (χ1) is 7.19. The number of nitrogens with zero attached hydrogens (tertiary/aromatic N) is 1. The van der Waals surface area contributed by atoms with E-state index in [-0.39, 0.29) is 6.61 Å². The van der Waals surface area contributed by atoms with Gasteiger partial charge < -0.3 is 5.11 Å². The van der Waals surface area contributed by atoms with Crippen molar-refractivity contribution in [2.45, 2.75) is 6.54 Å². The van der Waals surface area contributed by atoms with Gasteiger partial charge in [-0.1, -0.05) is 29.3 Å². The molecular weight excluding hydrogens is 233 g/mol. The summed E-state index contributed by atoms with van der Waals surface area (Å²) < 4.78 is 0. The molecule has 0 aromatic heterocycles. The molecule has 0 aliphatic carbocycles. The van der Waals surface area contributed by atoms with Gasteiger partial charge >= 0.3 is 0 Å². The van der Waals surface area contributed by atoms with Gasteiger partial charge in [-0.25, -0.2) is 0 Å². The molecule has 1 aliphatic rings. The van der Waals surface area contributed by atoms with E-state index in [9.17, 15) is 0 Å². The Morgan fingerprint density at radius 3 is 2.67 bits per heavy atom. The molecule has 82 valence electrons. The van der Waals surface area contributed by atoms with Gasteiger partial charge in [0.05, 0.1) is 0 Å². The van der Waals surface area contributed by atoms with E-state index in [4.69, 9.17) is 28.3 Å². The van der Waals surface area contributed by atoms with Crippen molar-refractivity contribution in [3.8, 4) is 0 Å². The lowest BCUT2D eigenvalue weighted by Gasteiger charge is -2.38. The van der Waals surface area contributed by atoms with E-state index in [1.54, 1.807) is 6.07 Å². The number of aliphatic hydroxyl groups is 1. The maximum Gasteiger partial charge on any atom is 0.0483 e. The smallest absolute Gasteiger partial charge is 0.0483 e. The molecule has 1 N–H and O–H groups in total. The van der Waals surface area contributed by atoms with Crippen molar-refractivity contribution in [1.82, 2.24) is 4.90 Å². The van der Waals surface area contributed by atoms with Crippen LogP contribution < -0.4 is 0 Å². The Kier molecular flexibility index (Phi) is 3.52. The molecule has 0 atom stereocenters. The second-order valence-electron chi connectivity index (χ2n) is 3.98. The van der Waals surface area contributed by atoms with Crippen LogP contribution in [-0.4, -0.2) is 29.7 Å². The highest BCUT2D eigenvalue weighted by Crippen LogP contribution is 2.25. The summed E-state index contributed by atoms with van der Waals surface area (Å²) in [5.41, 5.74) is 1.09. The Morgan fingerprint density at radius 1 is 1.33 bits per heavy atom. The number of hydrogen-bond donors (Lipinski definition) is 1. The van der Waals surface area contributed by atoms with Gasteiger partial charge in [0.25, 0.3) is 0 Å². The lowest BCUT2D eigenvalue weighted by atomic mass is 10.0. The molecule has 1 aromatic rings. The van der Waals surface area contributed by atoms with E-state index in [1.807, 2.05) is 12.1 Å². The summed E-state index contributed by atoms with van der Waals surface area (Å²) in [5, 5.41) is 10.3. The summed E-state index contributed by atoms with van der Waals surface area (Å²) in [6, 6.07) is 5.57. The second-order valence-corrected chi connectivity index (χ2v) is 4.82.